The summed E-state index contributed by atoms with van der Waals surface area (Å²) in [6.07, 6.45) is -0.0404. The molecule has 18 nitrogen and oxygen atoms in total. The molecule has 20 heteroatoms. The number of nitro benzene ring substituents is 1. The zero-order valence-corrected chi connectivity index (χ0v) is 27.1. The first-order valence-electron chi connectivity index (χ1n) is 14.4. The lowest BCUT2D eigenvalue weighted by Gasteiger charge is -2.20. The van der Waals surface area contributed by atoms with Gasteiger partial charge in [0.05, 0.1) is 11.5 Å². The third kappa shape index (κ3) is 15.3. The Morgan fingerprint density at radius 1 is 0.833 bits per heavy atom. The van der Waals surface area contributed by atoms with Gasteiger partial charge in [0.1, 0.15) is 18.7 Å². The van der Waals surface area contributed by atoms with Crippen molar-refractivity contribution in [3.05, 3.63) is 70.3 Å². The van der Waals surface area contributed by atoms with Crippen molar-refractivity contribution in [3.63, 3.8) is 0 Å². The Balaban J connectivity index is 2.04. The second kappa shape index (κ2) is 21.4. The first kappa shape index (κ1) is 38.8. The zero-order chi connectivity index (χ0) is 35.3. The SMILES string of the molecule is NC(=NCCCC(NC(=O)OCc1ccccc1)C(=O)NCC(=O)N[C@@H](CCCN=C(N)NCl)C(=O)Nc1ccc([N+](=O)[O-])cc1)NCl. The van der Waals surface area contributed by atoms with E-state index in [1.165, 1.54) is 24.3 Å². The largest absolute Gasteiger partial charge is 0.445 e. The third-order valence-electron chi connectivity index (χ3n) is 6.30. The molecule has 0 aromatic heterocycles. The smallest absolute Gasteiger partial charge is 0.408 e. The van der Waals surface area contributed by atoms with Crippen LogP contribution in [0.25, 0.3) is 0 Å². The summed E-state index contributed by atoms with van der Waals surface area (Å²) in [6.45, 7) is -0.224. The summed E-state index contributed by atoms with van der Waals surface area (Å²) < 4.78 is 5.22. The van der Waals surface area contributed by atoms with Crippen LogP contribution in [0.5, 0.6) is 0 Å². The molecule has 0 heterocycles. The van der Waals surface area contributed by atoms with Crippen molar-refractivity contribution in [1.82, 2.24) is 25.6 Å². The van der Waals surface area contributed by atoms with E-state index in [9.17, 15) is 29.3 Å². The molecule has 2 atom stereocenters. The number of guanidine groups is 2. The molecular weight excluding hydrogens is 673 g/mol. The van der Waals surface area contributed by atoms with Gasteiger partial charge in [0.15, 0.2) is 0 Å². The maximum Gasteiger partial charge on any atom is 0.408 e. The second-order valence-corrected chi connectivity index (χ2v) is 10.3. The Bertz CT molecular complexity index is 1430. The summed E-state index contributed by atoms with van der Waals surface area (Å²) >= 11 is 10.8. The van der Waals surface area contributed by atoms with E-state index in [1.54, 1.807) is 24.3 Å². The highest BCUT2D eigenvalue weighted by molar-refractivity contribution is 6.22. The Hall–Kier alpha value is -5.36. The van der Waals surface area contributed by atoms with Gasteiger partial charge in [-0.15, -0.1) is 0 Å². The number of benzene rings is 2. The average molecular weight is 711 g/mol. The van der Waals surface area contributed by atoms with Gasteiger partial charge >= 0.3 is 6.09 Å². The van der Waals surface area contributed by atoms with Crippen LogP contribution < -0.4 is 42.4 Å². The van der Waals surface area contributed by atoms with E-state index < -0.39 is 47.4 Å². The van der Waals surface area contributed by atoms with Crippen LogP contribution in [0.1, 0.15) is 31.2 Å². The second-order valence-electron chi connectivity index (χ2n) is 9.90. The summed E-state index contributed by atoms with van der Waals surface area (Å²) in [4.78, 5) is 74.1. The maximum absolute atomic E-state index is 13.1. The summed E-state index contributed by atoms with van der Waals surface area (Å²) in [5.74, 6) is -2.09. The van der Waals surface area contributed by atoms with Crippen molar-refractivity contribution in [2.45, 2.75) is 44.4 Å². The minimum atomic E-state index is -1.11. The first-order chi connectivity index (χ1) is 23.0. The predicted molar refractivity (Wildman–Crippen MR) is 180 cm³/mol. The number of halogens is 2. The fourth-order valence-electron chi connectivity index (χ4n) is 3.93. The molecule has 2 aromatic rings. The summed E-state index contributed by atoms with van der Waals surface area (Å²) in [5.41, 5.74) is 11.8. The zero-order valence-electron chi connectivity index (χ0n) is 25.6. The first-order valence-corrected chi connectivity index (χ1v) is 15.2. The summed E-state index contributed by atoms with van der Waals surface area (Å²) in [6, 6.07) is 11.8. The molecule has 0 saturated heterocycles. The van der Waals surface area contributed by atoms with Crippen LogP contribution in [0.4, 0.5) is 16.2 Å². The molecule has 4 amide bonds. The molecule has 48 heavy (non-hydrogen) atoms. The lowest BCUT2D eigenvalue weighted by molar-refractivity contribution is -0.384. The van der Waals surface area contributed by atoms with Crippen LogP contribution in [0.3, 0.4) is 0 Å². The van der Waals surface area contributed by atoms with Gasteiger partial charge in [-0.05, 0) is 43.4 Å². The molecule has 0 radical (unpaired) electrons. The van der Waals surface area contributed by atoms with Crippen LogP contribution in [0, 0.1) is 10.1 Å². The molecular formula is C28H37Cl2N11O7. The molecule has 0 aliphatic heterocycles. The number of hydrogen-bond donors (Lipinski definition) is 8. The van der Waals surface area contributed by atoms with Crippen LogP contribution in [0.2, 0.25) is 0 Å². The number of hydrogen-bond acceptors (Lipinski definition) is 9. The number of amides is 4. The molecule has 260 valence electrons. The average Bonchev–Trinajstić information content (AvgIpc) is 3.09. The van der Waals surface area contributed by atoms with E-state index in [2.05, 4.69) is 40.9 Å². The summed E-state index contributed by atoms with van der Waals surface area (Å²) in [7, 11) is 0. The van der Waals surface area contributed by atoms with E-state index in [0.29, 0.717) is 12.8 Å². The van der Waals surface area contributed by atoms with E-state index >= 15 is 0 Å². The van der Waals surface area contributed by atoms with Crippen LogP contribution in [0.15, 0.2) is 64.6 Å². The minimum absolute atomic E-state index is 0.0253. The number of ether oxygens (including phenoxy) is 1. The number of nitrogens with one attached hydrogen (secondary N) is 6. The molecule has 2 aromatic carbocycles. The highest BCUT2D eigenvalue weighted by Gasteiger charge is 2.24. The van der Waals surface area contributed by atoms with Gasteiger partial charge in [-0.3, -0.25) is 44.2 Å². The van der Waals surface area contributed by atoms with Crippen molar-refractivity contribution in [2.24, 2.45) is 21.5 Å². The highest BCUT2D eigenvalue weighted by atomic mass is 35.5. The number of nitrogens with zero attached hydrogens (tertiary/aromatic N) is 3. The lowest BCUT2D eigenvalue weighted by Crippen LogP contribution is -2.51. The highest BCUT2D eigenvalue weighted by Crippen LogP contribution is 2.16. The number of carbonyl (C=O) groups excluding carboxylic acids is 4. The van der Waals surface area contributed by atoms with Gasteiger partial charge in [-0.2, -0.15) is 0 Å². The number of nitrogens with two attached hydrogens (primary N) is 2. The molecule has 2 rings (SSSR count). The van der Waals surface area contributed by atoms with E-state index in [4.69, 9.17) is 39.8 Å². The molecule has 0 fully saturated rings. The molecule has 0 bridgehead atoms. The number of alkyl carbamates (subject to hydrolysis) is 1. The van der Waals surface area contributed by atoms with Gasteiger partial charge in [0.2, 0.25) is 29.6 Å². The number of rotatable bonds is 18. The van der Waals surface area contributed by atoms with E-state index in [-0.39, 0.29) is 55.8 Å². The Kier molecular flexibility index (Phi) is 17.3. The van der Waals surface area contributed by atoms with Gasteiger partial charge in [-0.25, -0.2) is 4.79 Å². The standard InChI is InChI=1S/C28H37Cl2N11O7/c29-39-26(31)33-14-4-8-21(38-28(45)48-17-18-6-2-1-3-7-18)24(43)35-16-23(42)37-22(9-5-15-34-27(32)40-30)25(44)36-19-10-12-20(13-11-19)41(46)47/h1-3,6-7,10-13,21-22H,4-5,8-9,14-17H2,(H,35,43)(H,36,44)(H,37,42)(H,38,45)(H3,31,33,39)(H3,32,34,40)/t21?,22-/m0/s1. The van der Waals surface area contributed by atoms with E-state index in [1.807, 2.05) is 6.07 Å². The maximum atomic E-state index is 13.1. The molecule has 0 aliphatic carbocycles. The van der Waals surface area contributed by atoms with Crippen LogP contribution in [-0.4, -0.2) is 72.4 Å². The normalized spacial score (nSPS) is 12.5. The topological polar surface area (TPSA) is 270 Å². The van der Waals surface area contributed by atoms with Gasteiger partial charge in [-0.1, -0.05) is 30.3 Å². The third-order valence-corrected chi connectivity index (χ3v) is 6.69. The molecule has 0 saturated carbocycles. The number of carbonyl (C=O) groups is 4. The van der Waals surface area contributed by atoms with E-state index in [0.717, 1.165) is 5.56 Å². The quantitative estimate of drug-likeness (QED) is 0.0271. The van der Waals surface area contributed by atoms with Gasteiger partial charge in [0, 0.05) is 54.5 Å². The molecule has 1 unspecified atom stereocenters. The van der Waals surface area contributed by atoms with Crippen LogP contribution >= 0.6 is 23.6 Å². The monoisotopic (exact) mass is 709 g/mol. The van der Waals surface area contributed by atoms with Gasteiger partial charge < -0.3 is 37.5 Å². The Labute approximate surface area is 285 Å². The predicted octanol–water partition coefficient (Wildman–Crippen LogP) is 1.11. The van der Waals surface area contributed by atoms with Crippen molar-refractivity contribution >= 4 is 70.7 Å². The molecule has 0 spiro atoms. The summed E-state index contributed by atoms with van der Waals surface area (Å²) in [5, 5.41) is 21.0. The molecule has 10 N–H and O–H groups in total. The van der Waals surface area contributed by atoms with Gasteiger partial charge in [0.25, 0.3) is 5.69 Å². The Morgan fingerprint density at radius 2 is 1.40 bits per heavy atom. The minimum Gasteiger partial charge on any atom is -0.445 e. The van der Waals surface area contributed by atoms with Crippen molar-refractivity contribution in [1.29, 1.82) is 0 Å². The number of anilines is 1. The van der Waals surface area contributed by atoms with Crippen molar-refractivity contribution in [3.8, 4) is 0 Å². The number of non-ortho nitro benzene ring substituents is 1. The fraction of sp³-hybridized carbons (Fsp3) is 0.357. The van der Waals surface area contributed by atoms with Crippen LogP contribution in [-0.2, 0) is 25.7 Å². The fourth-order valence-corrected chi connectivity index (χ4v) is 4.05. The number of aliphatic imine (C=N–C) groups is 2. The van der Waals surface area contributed by atoms with Crippen molar-refractivity contribution < 1.29 is 28.8 Å². The van der Waals surface area contributed by atoms with Crippen molar-refractivity contribution in [2.75, 3.05) is 25.0 Å². The Morgan fingerprint density at radius 3 is 1.94 bits per heavy atom. The lowest BCUT2D eigenvalue weighted by atomic mass is 10.1. The molecule has 0 aliphatic rings. The number of nitro groups is 1.